The van der Waals surface area contributed by atoms with Crippen molar-refractivity contribution in [2.24, 2.45) is 11.7 Å². The summed E-state index contributed by atoms with van der Waals surface area (Å²) in [5, 5.41) is 6.45. The number of aromatic nitrogens is 3. The number of esters is 1. The Morgan fingerprint density at radius 2 is 2.47 bits per heavy atom. The molecule has 0 aromatic carbocycles. The Labute approximate surface area is 87.2 Å². The third-order valence-electron chi connectivity index (χ3n) is 2.41. The van der Waals surface area contributed by atoms with Gasteiger partial charge in [-0.1, -0.05) is 0 Å². The second-order valence-electron chi connectivity index (χ2n) is 3.63. The van der Waals surface area contributed by atoms with E-state index >= 15 is 0 Å². The molecule has 6 nitrogen and oxygen atoms in total. The average molecular weight is 210 g/mol. The summed E-state index contributed by atoms with van der Waals surface area (Å²) < 4.78 is 4.77. The van der Waals surface area contributed by atoms with Crippen LogP contribution in [0.25, 0.3) is 0 Å². The van der Waals surface area contributed by atoms with Crippen LogP contribution in [0.3, 0.4) is 0 Å². The third kappa shape index (κ3) is 2.15. The Hall–Kier alpha value is -1.43. The fraction of sp³-hybridized carbons (Fsp3) is 0.667. The number of hydrogen-bond acceptors (Lipinski definition) is 5. The molecule has 2 rings (SSSR count). The van der Waals surface area contributed by atoms with Crippen LogP contribution in [0.15, 0.2) is 0 Å². The second kappa shape index (κ2) is 3.98. The minimum atomic E-state index is -0.511. The Bertz CT molecular complexity index is 359. The molecule has 0 bridgehead atoms. The van der Waals surface area contributed by atoms with Gasteiger partial charge < -0.3 is 10.5 Å². The highest BCUT2D eigenvalue weighted by molar-refractivity contribution is 5.84. The van der Waals surface area contributed by atoms with Crippen LogP contribution >= 0.6 is 0 Å². The van der Waals surface area contributed by atoms with Gasteiger partial charge >= 0.3 is 5.97 Å². The van der Waals surface area contributed by atoms with Gasteiger partial charge in [-0.25, -0.2) is 9.78 Å². The zero-order valence-electron chi connectivity index (χ0n) is 8.56. The molecule has 15 heavy (non-hydrogen) atoms. The molecule has 0 aliphatic heterocycles. The molecule has 1 fully saturated rings. The van der Waals surface area contributed by atoms with Crippen LogP contribution in [0.2, 0.25) is 0 Å². The highest BCUT2D eigenvalue weighted by Crippen LogP contribution is 2.38. The first-order valence-electron chi connectivity index (χ1n) is 5.07. The molecule has 1 unspecified atom stereocenters. The first kappa shape index (κ1) is 10.1. The van der Waals surface area contributed by atoms with Crippen LogP contribution in [0.5, 0.6) is 0 Å². The van der Waals surface area contributed by atoms with E-state index < -0.39 is 5.97 Å². The van der Waals surface area contributed by atoms with Crippen molar-refractivity contribution in [1.29, 1.82) is 0 Å². The van der Waals surface area contributed by atoms with Gasteiger partial charge in [-0.3, -0.25) is 5.10 Å². The number of nitrogens with two attached hydrogens (primary N) is 1. The largest absolute Gasteiger partial charge is 0.460 e. The van der Waals surface area contributed by atoms with E-state index in [9.17, 15) is 4.79 Å². The van der Waals surface area contributed by atoms with Crippen LogP contribution in [0.1, 0.15) is 42.3 Å². The summed E-state index contributed by atoms with van der Waals surface area (Å²) in [6.45, 7) is 2.05. The highest BCUT2D eigenvalue weighted by atomic mass is 16.5. The van der Waals surface area contributed by atoms with Crippen LogP contribution in [0, 0.1) is 5.92 Å². The van der Waals surface area contributed by atoms with Crippen molar-refractivity contribution < 1.29 is 9.53 Å². The van der Waals surface area contributed by atoms with Gasteiger partial charge in [-0.15, -0.1) is 5.10 Å². The van der Waals surface area contributed by atoms with Crippen LogP contribution < -0.4 is 5.73 Å². The molecule has 1 aliphatic rings. The lowest BCUT2D eigenvalue weighted by Crippen LogP contribution is -2.14. The van der Waals surface area contributed by atoms with Crippen molar-refractivity contribution >= 4 is 5.97 Å². The number of carbonyl (C=O) groups is 1. The fourth-order valence-corrected chi connectivity index (χ4v) is 1.39. The zero-order chi connectivity index (χ0) is 10.8. The molecule has 6 heteroatoms. The number of nitrogens with zero attached hydrogens (tertiary/aromatic N) is 2. The molecule has 0 spiro atoms. The molecule has 0 saturated heterocycles. The van der Waals surface area contributed by atoms with Gasteiger partial charge in [0.2, 0.25) is 0 Å². The van der Waals surface area contributed by atoms with Gasteiger partial charge in [-0.05, 0) is 25.7 Å². The average Bonchev–Trinajstić information content (AvgIpc) is 2.95. The van der Waals surface area contributed by atoms with Crippen molar-refractivity contribution in [3.8, 4) is 0 Å². The van der Waals surface area contributed by atoms with Crippen molar-refractivity contribution in [2.75, 3.05) is 6.61 Å². The molecular weight excluding hydrogens is 196 g/mol. The molecule has 1 saturated carbocycles. The summed E-state index contributed by atoms with van der Waals surface area (Å²) in [6.07, 6.45) is 2.24. The molecule has 1 heterocycles. The van der Waals surface area contributed by atoms with Crippen LogP contribution in [-0.2, 0) is 4.74 Å². The predicted octanol–water partition coefficient (Wildman–Crippen LogP) is 0.391. The van der Waals surface area contributed by atoms with Crippen molar-refractivity contribution in [3.63, 3.8) is 0 Å². The molecule has 1 aliphatic carbocycles. The minimum absolute atomic E-state index is 0.0583. The van der Waals surface area contributed by atoms with Gasteiger partial charge in [0, 0.05) is 0 Å². The van der Waals surface area contributed by atoms with E-state index in [2.05, 4.69) is 15.2 Å². The SMILES string of the molecule is CCOC(=O)c1n[nH]c(C(N)C2CC2)n1. The molecular formula is C9H14N4O2. The summed E-state index contributed by atoms with van der Waals surface area (Å²) >= 11 is 0. The first-order chi connectivity index (χ1) is 7.22. The number of nitrogens with one attached hydrogen (secondary N) is 1. The van der Waals surface area contributed by atoms with Crippen molar-refractivity contribution in [2.45, 2.75) is 25.8 Å². The molecule has 0 radical (unpaired) electrons. The molecule has 82 valence electrons. The number of rotatable bonds is 4. The van der Waals surface area contributed by atoms with Gasteiger partial charge in [0.25, 0.3) is 5.82 Å². The van der Waals surface area contributed by atoms with E-state index in [0.717, 1.165) is 12.8 Å². The van der Waals surface area contributed by atoms with Gasteiger partial charge in [0.05, 0.1) is 12.6 Å². The van der Waals surface area contributed by atoms with Gasteiger partial charge in [0.1, 0.15) is 5.82 Å². The van der Waals surface area contributed by atoms with Crippen LogP contribution in [-0.4, -0.2) is 27.8 Å². The summed E-state index contributed by atoms with van der Waals surface area (Å²) in [4.78, 5) is 15.3. The third-order valence-corrected chi connectivity index (χ3v) is 2.41. The van der Waals surface area contributed by atoms with E-state index in [-0.39, 0.29) is 11.9 Å². The fourth-order valence-electron chi connectivity index (χ4n) is 1.39. The first-order valence-corrected chi connectivity index (χ1v) is 5.07. The van der Waals surface area contributed by atoms with E-state index in [1.54, 1.807) is 6.92 Å². The maximum atomic E-state index is 11.3. The number of ether oxygens (including phenoxy) is 1. The van der Waals surface area contributed by atoms with Gasteiger partial charge in [-0.2, -0.15) is 0 Å². The van der Waals surface area contributed by atoms with E-state index in [4.69, 9.17) is 10.5 Å². The quantitative estimate of drug-likeness (QED) is 0.701. The van der Waals surface area contributed by atoms with Crippen LogP contribution in [0.4, 0.5) is 0 Å². The molecule has 1 aromatic heterocycles. The number of aromatic amines is 1. The van der Waals surface area contributed by atoms with E-state index in [1.165, 1.54) is 0 Å². The minimum Gasteiger partial charge on any atom is -0.460 e. The van der Waals surface area contributed by atoms with Crippen molar-refractivity contribution in [1.82, 2.24) is 15.2 Å². The van der Waals surface area contributed by atoms with Crippen molar-refractivity contribution in [3.05, 3.63) is 11.6 Å². The zero-order valence-corrected chi connectivity index (χ0v) is 8.56. The normalized spacial score (nSPS) is 17.5. The molecule has 1 atom stereocenters. The maximum Gasteiger partial charge on any atom is 0.378 e. The lowest BCUT2D eigenvalue weighted by atomic mass is 10.2. The molecule has 0 amide bonds. The standard InChI is InChI=1S/C9H14N4O2/c1-2-15-9(14)8-11-7(12-13-8)6(10)5-3-4-5/h5-6H,2-4,10H2,1H3,(H,11,12,13). The second-order valence-corrected chi connectivity index (χ2v) is 3.63. The van der Waals surface area contributed by atoms with E-state index in [1.807, 2.05) is 0 Å². The van der Waals surface area contributed by atoms with E-state index in [0.29, 0.717) is 18.3 Å². The Morgan fingerprint density at radius 1 is 1.73 bits per heavy atom. The lowest BCUT2D eigenvalue weighted by molar-refractivity contribution is 0.0512. The van der Waals surface area contributed by atoms with Gasteiger partial charge in [0.15, 0.2) is 0 Å². The Morgan fingerprint density at radius 3 is 3.07 bits per heavy atom. The topological polar surface area (TPSA) is 93.9 Å². The molecule has 1 aromatic rings. The smallest absolute Gasteiger partial charge is 0.378 e. The monoisotopic (exact) mass is 210 g/mol. The Balaban J connectivity index is 2.05. The number of H-pyrrole nitrogens is 1. The summed E-state index contributed by atoms with van der Waals surface area (Å²) in [5.41, 5.74) is 5.90. The lowest BCUT2D eigenvalue weighted by Gasteiger charge is -2.03. The number of hydrogen-bond donors (Lipinski definition) is 2. The highest BCUT2D eigenvalue weighted by Gasteiger charge is 2.32. The Kier molecular flexibility index (Phi) is 2.68. The maximum absolute atomic E-state index is 11.3. The summed E-state index contributed by atoms with van der Waals surface area (Å²) in [5.74, 6) is 0.597. The summed E-state index contributed by atoms with van der Waals surface area (Å²) in [7, 11) is 0. The predicted molar refractivity (Wildman–Crippen MR) is 52.0 cm³/mol. The number of carbonyl (C=O) groups excluding carboxylic acids is 1. The summed E-state index contributed by atoms with van der Waals surface area (Å²) in [6, 6.07) is -0.138. The molecule has 3 N–H and O–H groups in total.